The highest BCUT2D eigenvalue weighted by molar-refractivity contribution is 8.17. The number of aromatic nitrogens is 2. The van der Waals surface area contributed by atoms with E-state index < -0.39 is 0 Å². The molecule has 188 valence electrons. The smallest absolute Gasteiger partial charge is 0.227 e. The number of nitrogens with zero attached hydrogens (tertiary/aromatic N) is 3. The number of amides is 1. The molecule has 0 fully saturated rings. The SMILES string of the molecule is C/C(=C(\CCO)SC(=O)c1cc(Cl)ccc1Oc1ccccc1Cl)N(C=O)Cc1cnc(C)nc1N. The third-order valence-corrected chi connectivity index (χ3v) is 6.79. The lowest BCUT2D eigenvalue weighted by molar-refractivity contribution is -0.116. The number of aryl methyl sites for hydroxylation is 1. The van der Waals surface area contributed by atoms with Crippen LogP contribution in [-0.2, 0) is 11.3 Å². The van der Waals surface area contributed by atoms with E-state index in [9.17, 15) is 14.7 Å². The number of nitrogen functional groups attached to an aromatic ring is 1. The number of thioether (sulfide) groups is 1. The number of carbonyl (C=O) groups excluding carboxylic acids is 2. The molecule has 0 atom stereocenters. The van der Waals surface area contributed by atoms with Gasteiger partial charge in [-0.15, -0.1) is 0 Å². The van der Waals surface area contributed by atoms with E-state index in [1.165, 1.54) is 11.0 Å². The van der Waals surface area contributed by atoms with E-state index in [1.54, 1.807) is 56.4 Å². The Morgan fingerprint density at radius 2 is 1.97 bits per heavy atom. The summed E-state index contributed by atoms with van der Waals surface area (Å²) in [5.74, 6) is 1.42. The van der Waals surface area contributed by atoms with Gasteiger partial charge in [0.05, 0.1) is 17.1 Å². The van der Waals surface area contributed by atoms with Crippen molar-refractivity contribution < 1.29 is 19.4 Å². The van der Waals surface area contributed by atoms with E-state index in [0.29, 0.717) is 44.2 Å². The molecule has 1 heterocycles. The maximum absolute atomic E-state index is 13.4. The number of hydrogen-bond donors (Lipinski definition) is 2. The number of benzene rings is 2. The predicted octanol–water partition coefficient (Wildman–Crippen LogP) is 5.61. The molecule has 1 aromatic heterocycles. The van der Waals surface area contributed by atoms with Crippen molar-refractivity contribution in [2.75, 3.05) is 12.3 Å². The molecule has 2 aromatic carbocycles. The lowest BCUT2D eigenvalue weighted by Crippen LogP contribution is -2.22. The fraction of sp³-hybridized carbons (Fsp3) is 0.200. The first-order valence-electron chi connectivity index (χ1n) is 10.8. The minimum Gasteiger partial charge on any atom is -0.455 e. The van der Waals surface area contributed by atoms with Crippen LogP contribution in [0.5, 0.6) is 11.5 Å². The van der Waals surface area contributed by atoms with Crippen LogP contribution in [0.3, 0.4) is 0 Å². The highest BCUT2D eigenvalue weighted by Gasteiger charge is 2.21. The number of ether oxygens (including phenoxy) is 1. The van der Waals surface area contributed by atoms with Crippen LogP contribution >= 0.6 is 35.0 Å². The Hall–Kier alpha value is -3.11. The number of rotatable bonds is 10. The molecule has 3 rings (SSSR count). The van der Waals surface area contributed by atoms with Gasteiger partial charge in [-0.2, -0.15) is 0 Å². The maximum Gasteiger partial charge on any atom is 0.227 e. The van der Waals surface area contributed by atoms with Gasteiger partial charge in [-0.3, -0.25) is 9.59 Å². The standard InChI is InChI=1S/C25H24Cl2N4O4S/c1-15(31(14-33)13-17-12-29-16(2)30-24(17)28)23(9-10-32)36-25(34)19-11-18(26)7-8-21(19)35-22-6-4-3-5-20(22)27/h3-8,11-12,14,32H,9-10,13H2,1-2H3,(H2,28,29,30)/b23-15-. The van der Waals surface area contributed by atoms with Gasteiger partial charge in [0.1, 0.15) is 23.1 Å². The summed E-state index contributed by atoms with van der Waals surface area (Å²) in [4.78, 5) is 35.4. The maximum atomic E-state index is 13.4. The number of allylic oxidation sites excluding steroid dienone is 1. The number of carbonyl (C=O) groups is 2. The Bertz CT molecular complexity index is 1300. The van der Waals surface area contributed by atoms with Crippen molar-refractivity contribution in [1.29, 1.82) is 0 Å². The first-order chi connectivity index (χ1) is 17.2. The van der Waals surface area contributed by atoms with E-state index in [-0.39, 0.29) is 41.8 Å². The fourth-order valence-corrected chi connectivity index (χ4v) is 4.48. The molecule has 3 N–H and O–H groups in total. The van der Waals surface area contributed by atoms with Gasteiger partial charge >= 0.3 is 0 Å². The Morgan fingerprint density at radius 1 is 1.22 bits per heavy atom. The first-order valence-corrected chi connectivity index (χ1v) is 12.3. The van der Waals surface area contributed by atoms with Gasteiger partial charge in [-0.25, -0.2) is 9.97 Å². The molecule has 0 saturated heterocycles. The molecule has 0 spiro atoms. The molecule has 0 radical (unpaired) electrons. The van der Waals surface area contributed by atoms with Crippen molar-refractivity contribution >= 4 is 52.3 Å². The Balaban J connectivity index is 1.91. The van der Waals surface area contributed by atoms with Gasteiger partial charge in [-0.1, -0.05) is 35.3 Å². The first kappa shape index (κ1) is 27.5. The summed E-state index contributed by atoms with van der Waals surface area (Å²) in [6, 6.07) is 11.6. The number of nitrogens with two attached hydrogens (primary N) is 1. The van der Waals surface area contributed by atoms with Crippen LogP contribution in [0.25, 0.3) is 0 Å². The Kier molecular flexibility index (Phi) is 9.72. The average Bonchev–Trinajstić information content (AvgIpc) is 2.85. The molecule has 0 bridgehead atoms. The second kappa shape index (κ2) is 12.7. The minimum absolute atomic E-state index is 0.100. The number of aliphatic hydroxyl groups is 1. The molecule has 11 heteroatoms. The zero-order chi connectivity index (χ0) is 26.2. The number of para-hydroxylation sites is 1. The van der Waals surface area contributed by atoms with Crippen LogP contribution in [0.1, 0.15) is 35.1 Å². The van der Waals surface area contributed by atoms with Crippen LogP contribution in [0.4, 0.5) is 5.82 Å². The molecule has 0 saturated carbocycles. The highest BCUT2D eigenvalue weighted by atomic mass is 35.5. The normalized spacial score (nSPS) is 11.6. The molecular formula is C25H24Cl2N4O4S. The van der Waals surface area contributed by atoms with Crippen molar-refractivity contribution in [2.24, 2.45) is 0 Å². The summed E-state index contributed by atoms with van der Waals surface area (Å²) in [5, 5.41) is 9.99. The monoisotopic (exact) mass is 546 g/mol. The zero-order valence-electron chi connectivity index (χ0n) is 19.6. The van der Waals surface area contributed by atoms with Crippen LogP contribution < -0.4 is 10.5 Å². The predicted molar refractivity (Wildman–Crippen MR) is 142 cm³/mol. The topological polar surface area (TPSA) is 119 Å². The number of anilines is 1. The highest BCUT2D eigenvalue weighted by Crippen LogP contribution is 2.36. The molecule has 0 aliphatic carbocycles. The van der Waals surface area contributed by atoms with Crippen LogP contribution in [-0.4, -0.2) is 38.1 Å². The molecule has 36 heavy (non-hydrogen) atoms. The summed E-state index contributed by atoms with van der Waals surface area (Å²) in [6.07, 6.45) is 2.33. The molecule has 0 aliphatic heterocycles. The van der Waals surface area contributed by atoms with Crippen molar-refractivity contribution in [3.05, 3.63) is 86.3 Å². The third kappa shape index (κ3) is 6.98. The van der Waals surface area contributed by atoms with Gasteiger partial charge in [-0.05, 0) is 55.9 Å². The second-order valence-electron chi connectivity index (χ2n) is 7.61. The van der Waals surface area contributed by atoms with E-state index in [0.717, 1.165) is 11.8 Å². The van der Waals surface area contributed by atoms with Gasteiger partial charge in [0, 0.05) is 40.4 Å². The van der Waals surface area contributed by atoms with Crippen LogP contribution in [0.15, 0.2) is 59.3 Å². The molecule has 3 aromatic rings. The van der Waals surface area contributed by atoms with Crippen LogP contribution in [0, 0.1) is 6.92 Å². The van der Waals surface area contributed by atoms with Crippen molar-refractivity contribution in [1.82, 2.24) is 14.9 Å². The number of halogens is 2. The van der Waals surface area contributed by atoms with Gasteiger partial charge in [0.15, 0.2) is 0 Å². The largest absolute Gasteiger partial charge is 0.455 e. The van der Waals surface area contributed by atoms with E-state index in [1.807, 2.05) is 0 Å². The average molecular weight is 547 g/mol. The molecule has 0 unspecified atom stereocenters. The summed E-state index contributed by atoms with van der Waals surface area (Å²) in [7, 11) is 0. The van der Waals surface area contributed by atoms with Gasteiger partial charge < -0.3 is 20.5 Å². The van der Waals surface area contributed by atoms with E-state index >= 15 is 0 Å². The zero-order valence-corrected chi connectivity index (χ0v) is 21.9. The minimum atomic E-state index is -0.383. The molecular weight excluding hydrogens is 523 g/mol. The van der Waals surface area contributed by atoms with E-state index in [2.05, 4.69) is 9.97 Å². The summed E-state index contributed by atoms with van der Waals surface area (Å²) in [5.41, 5.74) is 7.22. The third-order valence-electron chi connectivity index (χ3n) is 5.09. The number of hydrogen-bond acceptors (Lipinski definition) is 8. The summed E-state index contributed by atoms with van der Waals surface area (Å²) >= 11 is 13.3. The lowest BCUT2D eigenvalue weighted by Gasteiger charge is -2.22. The fourth-order valence-electron chi connectivity index (χ4n) is 3.18. The number of aliphatic hydroxyl groups excluding tert-OH is 1. The van der Waals surface area contributed by atoms with Gasteiger partial charge in [0.25, 0.3) is 0 Å². The summed E-state index contributed by atoms with van der Waals surface area (Å²) in [6.45, 7) is 3.27. The second-order valence-corrected chi connectivity index (χ2v) is 9.52. The molecule has 1 amide bonds. The summed E-state index contributed by atoms with van der Waals surface area (Å²) < 4.78 is 5.90. The molecule has 8 nitrogen and oxygen atoms in total. The quantitative estimate of drug-likeness (QED) is 0.315. The van der Waals surface area contributed by atoms with E-state index in [4.69, 9.17) is 33.7 Å². The lowest BCUT2D eigenvalue weighted by atomic mass is 10.2. The van der Waals surface area contributed by atoms with Gasteiger partial charge in [0.2, 0.25) is 11.5 Å². The van der Waals surface area contributed by atoms with Crippen LogP contribution in [0.2, 0.25) is 10.0 Å². The van der Waals surface area contributed by atoms with Crippen molar-refractivity contribution in [3.63, 3.8) is 0 Å². The van der Waals surface area contributed by atoms with Crippen molar-refractivity contribution in [2.45, 2.75) is 26.8 Å². The molecule has 0 aliphatic rings. The van der Waals surface area contributed by atoms with Crippen molar-refractivity contribution in [3.8, 4) is 11.5 Å². The Labute approximate surface area is 223 Å². The Morgan fingerprint density at radius 3 is 2.64 bits per heavy atom.